The third-order valence-corrected chi connectivity index (χ3v) is 3.85. The van der Waals surface area contributed by atoms with Crippen LogP contribution in [0.5, 0.6) is 0 Å². The van der Waals surface area contributed by atoms with Crippen LogP contribution in [0, 0.1) is 6.92 Å². The lowest BCUT2D eigenvalue weighted by atomic mass is 10.0. The van der Waals surface area contributed by atoms with E-state index in [1.54, 1.807) is 0 Å². The van der Waals surface area contributed by atoms with E-state index >= 15 is 0 Å². The predicted molar refractivity (Wildman–Crippen MR) is 79.5 cm³/mol. The van der Waals surface area contributed by atoms with Crippen LogP contribution in [0.1, 0.15) is 31.0 Å². The van der Waals surface area contributed by atoms with Crippen molar-refractivity contribution in [3.63, 3.8) is 0 Å². The van der Waals surface area contributed by atoms with E-state index in [1.165, 1.54) is 11.1 Å². The average Bonchev–Trinajstić information content (AvgIpc) is 2.42. The van der Waals surface area contributed by atoms with Crippen molar-refractivity contribution in [3.05, 3.63) is 35.4 Å². The molecule has 0 aromatic heterocycles. The maximum absolute atomic E-state index is 5.51. The molecule has 0 spiro atoms. The van der Waals surface area contributed by atoms with Crippen LogP contribution >= 0.6 is 0 Å². The number of benzene rings is 1. The van der Waals surface area contributed by atoms with Gasteiger partial charge in [-0.05, 0) is 26.0 Å². The Hall–Kier alpha value is -0.900. The van der Waals surface area contributed by atoms with Crippen LogP contribution in [0.4, 0.5) is 0 Å². The van der Waals surface area contributed by atoms with Crippen LogP contribution in [0.2, 0.25) is 0 Å². The van der Waals surface area contributed by atoms with E-state index in [2.05, 4.69) is 55.3 Å². The number of ether oxygens (including phenoxy) is 1. The van der Waals surface area contributed by atoms with Crippen LogP contribution in [-0.4, -0.2) is 43.8 Å². The molecule has 1 N–H and O–H groups in total. The molecule has 1 aromatic rings. The SMILES string of the molecule is CCNC(CN1CCOCC1C)c1ccc(C)cc1. The highest BCUT2D eigenvalue weighted by Crippen LogP contribution is 2.18. The molecular formula is C16H26N2O. The molecule has 0 amide bonds. The van der Waals surface area contributed by atoms with Crippen molar-refractivity contribution in [3.8, 4) is 0 Å². The fourth-order valence-corrected chi connectivity index (χ4v) is 2.60. The molecule has 19 heavy (non-hydrogen) atoms. The van der Waals surface area contributed by atoms with Gasteiger partial charge in [-0.2, -0.15) is 0 Å². The van der Waals surface area contributed by atoms with Crippen LogP contribution < -0.4 is 5.32 Å². The highest BCUT2D eigenvalue weighted by Gasteiger charge is 2.22. The summed E-state index contributed by atoms with van der Waals surface area (Å²) in [5.74, 6) is 0. The minimum atomic E-state index is 0.408. The molecule has 3 heteroatoms. The first-order chi connectivity index (χ1) is 9.20. The molecule has 1 fully saturated rings. The number of nitrogens with one attached hydrogen (secondary N) is 1. The highest BCUT2D eigenvalue weighted by molar-refractivity contribution is 5.24. The Morgan fingerprint density at radius 3 is 2.74 bits per heavy atom. The first kappa shape index (κ1) is 14.5. The first-order valence-electron chi connectivity index (χ1n) is 7.32. The van der Waals surface area contributed by atoms with Gasteiger partial charge in [-0.1, -0.05) is 36.8 Å². The quantitative estimate of drug-likeness (QED) is 0.881. The monoisotopic (exact) mass is 262 g/mol. The second kappa shape index (κ2) is 7.04. The van der Waals surface area contributed by atoms with E-state index < -0.39 is 0 Å². The number of nitrogens with zero attached hydrogens (tertiary/aromatic N) is 1. The Morgan fingerprint density at radius 1 is 1.37 bits per heavy atom. The fourth-order valence-electron chi connectivity index (χ4n) is 2.60. The standard InChI is InChI=1S/C16H26N2O/c1-4-17-16(15-7-5-13(2)6-8-15)11-18-9-10-19-12-14(18)3/h5-8,14,16-17H,4,9-12H2,1-3H3. The summed E-state index contributed by atoms with van der Waals surface area (Å²) in [5.41, 5.74) is 2.70. The fraction of sp³-hybridized carbons (Fsp3) is 0.625. The lowest BCUT2D eigenvalue weighted by molar-refractivity contribution is -0.00442. The molecule has 106 valence electrons. The van der Waals surface area contributed by atoms with Crippen molar-refractivity contribution in [2.45, 2.75) is 32.9 Å². The molecule has 2 atom stereocenters. The lowest BCUT2D eigenvalue weighted by Gasteiger charge is -2.36. The minimum absolute atomic E-state index is 0.408. The van der Waals surface area contributed by atoms with Gasteiger partial charge in [0.1, 0.15) is 0 Å². The molecule has 0 radical (unpaired) electrons. The van der Waals surface area contributed by atoms with Crippen LogP contribution in [0.25, 0.3) is 0 Å². The third-order valence-electron chi connectivity index (χ3n) is 3.85. The molecule has 1 aromatic carbocycles. The Morgan fingerprint density at radius 2 is 2.11 bits per heavy atom. The molecule has 0 bridgehead atoms. The molecule has 0 saturated carbocycles. The van der Waals surface area contributed by atoms with E-state index in [9.17, 15) is 0 Å². The molecule has 1 saturated heterocycles. The molecule has 1 aliphatic heterocycles. The van der Waals surface area contributed by atoms with Crippen molar-refractivity contribution in [2.24, 2.45) is 0 Å². The molecule has 2 rings (SSSR count). The second-order valence-electron chi connectivity index (χ2n) is 5.44. The third kappa shape index (κ3) is 4.03. The summed E-state index contributed by atoms with van der Waals surface area (Å²) < 4.78 is 5.51. The number of hydrogen-bond donors (Lipinski definition) is 1. The van der Waals surface area contributed by atoms with E-state index in [0.717, 1.165) is 32.8 Å². The van der Waals surface area contributed by atoms with Crippen molar-refractivity contribution in [1.29, 1.82) is 0 Å². The van der Waals surface area contributed by atoms with Gasteiger partial charge in [-0.15, -0.1) is 0 Å². The molecule has 0 aliphatic carbocycles. The van der Waals surface area contributed by atoms with E-state index in [1.807, 2.05) is 0 Å². The van der Waals surface area contributed by atoms with Gasteiger partial charge in [0, 0.05) is 25.2 Å². The smallest absolute Gasteiger partial charge is 0.0619 e. The van der Waals surface area contributed by atoms with Crippen molar-refractivity contribution >= 4 is 0 Å². The minimum Gasteiger partial charge on any atom is -0.379 e. The van der Waals surface area contributed by atoms with Crippen LogP contribution in [-0.2, 0) is 4.74 Å². The van der Waals surface area contributed by atoms with Crippen molar-refractivity contribution in [1.82, 2.24) is 10.2 Å². The number of likely N-dealkylation sites (N-methyl/N-ethyl adjacent to an activating group) is 1. The predicted octanol–water partition coefficient (Wildman–Crippen LogP) is 2.37. The van der Waals surface area contributed by atoms with Gasteiger partial charge in [0.15, 0.2) is 0 Å². The molecule has 1 heterocycles. The highest BCUT2D eigenvalue weighted by atomic mass is 16.5. The number of morpholine rings is 1. The zero-order valence-corrected chi connectivity index (χ0v) is 12.4. The topological polar surface area (TPSA) is 24.5 Å². The van der Waals surface area contributed by atoms with Gasteiger partial charge in [0.05, 0.1) is 13.2 Å². The molecule has 3 nitrogen and oxygen atoms in total. The van der Waals surface area contributed by atoms with Gasteiger partial charge >= 0.3 is 0 Å². The molecule has 2 unspecified atom stereocenters. The largest absolute Gasteiger partial charge is 0.379 e. The number of rotatable bonds is 5. The number of hydrogen-bond acceptors (Lipinski definition) is 3. The summed E-state index contributed by atoms with van der Waals surface area (Å²) in [6, 6.07) is 9.80. The van der Waals surface area contributed by atoms with Gasteiger partial charge in [0.2, 0.25) is 0 Å². The maximum Gasteiger partial charge on any atom is 0.0619 e. The Balaban J connectivity index is 2.04. The molecule has 1 aliphatic rings. The van der Waals surface area contributed by atoms with E-state index in [4.69, 9.17) is 4.74 Å². The summed E-state index contributed by atoms with van der Waals surface area (Å²) in [7, 11) is 0. The zero-order chi connectivity index (χ0) is 13.7. The maximum atomic E-state index is 5.51. The van der Waals surface area contributed by atoms with E-state index in [-0.39, 0.29) is 0 Å². The lowest BCUT2D eigenvalue weighted by Crippen LogP contribution is -2.47. The van der Waals surface area contributed by atoms with Gasteiger partial charge in [-0.3, -0.25) is 4.90 Å². The molecular weight excluding hydrogens is 236 g/mol. The number of aryl methyl sites for hydroxylation is 1. The average molecular weight is 262 g/mol. The van der Waals surface area contributed by atoms with E-state index in [0.29, 0.717) is 12.1 Å². The summed E-state index contributed by atoms with van der Waals surface area (Å²) >= 11 is 0. The van der Waals surface area contributed by atoms with Crippen molar-refractivity contribution < 1.29 is 4.74 Å². The summed E-state index contributed by atoms with van der Waals surface area (Å²) in [4.78, 5) is 2.52. The summed E-state index contributed by atoms with van der Waals surface area (Å²) in [6.45, 7) is 11.4. The van der Waals surface area contributed by atoms with Gasteiger partial charge in [0.25, 0.3) is 0 Å². The Kier molecular flexibility index (Phi) is 5.37. The second-order valence-corrected chi connectivity index (χ2v) is 5.44. The first-order valence-corrected chi connectivity index (χ1v) is 7.32. The van der Waals surface area contributed by atoms with Crippen LogP contribution in [0.3, 0.4) is 0 Å². The Bertz CT molecular complexity index is 377. The van der Waals surface area contributed by atoms with Crippen LogP contribution in [0.15, 0.2) is 24.3 Å². The summed E-state index contributed by atoms with van der Waals surface area (Å²) in [5, 5.41) is 3.60. The Labute approximate surface area is 116 Å². The normalized spacial score (nSPS) is 22.4. The zero-order valence-electron chi connectivity index (χ0n) is 12.4. The van der Waals surface area contributed by atoms with Gasteiger partial charge in [-0.25, -0.2) is 0 Å². The van der Waals surface area contributed by atoms with Gasteiger partial charge < -0.3 is 10.1 Å². The summed E-state index contributed by atoms with van der Waals surface area (Å²) in [6.07, 6.45) is 0. The van der Waals surface area contributed by atoms with Crippen molar-refractivity contribution in [2.75, 3.05) is 32.8 Å².